The smallest absolute Gasteiger partial charge is 0.0337 e. The SMILES string of the molecule is C/C=C/CN1CC(C2CCCCC2)NCC1(C)C1CC1. The molecule has 2 saturated carbocycles. The zero-order chi connectivity index (χ0) is 14.0. The van der Waals surface area contributed by atoms with Crippen molar-refractivity contribution in [1.29, 1.82) is 0 Å². The van der Waals surface area contributed by atoms with Gasteiger partial charge in [0, 0.05) is 31.2 Å². The van der Waals surface area contributed by atoms with Gasteiger partial charge >= 0.3 is 0 Å². The first-order valence-corrected chi connectivity index (χ1v) is 8.83. The van der Waals surface area contributed by atoms with Gasteiger partial charge in [-0.2, -0.15) is 0 Å². The van der Waals surface area contributed by atoms with Gasteiger partial charge in [-0.25, -0.2) is 0 Å². The highest BCUT2D eigenvalue weighted by atomic mass is 15.3. The molecule has 3 rings (SSSR count). The molecule has 2 nitrogen and oxygen atoms in total. The van der Waals surface area contributed by atoms with Crippen LogP contribution in [-0.4, -0.2) is 36.1 Å². The predicted octanol–water partition coefficient (Wildman–Crippen LogP) is 3.59. The molecular weight excluding hydrogens is 244 g/mol. The third-order valence-corrected chi connectivity index (χ3v) is 6.10. The lowest BCUT2D eigenvalue weighted by molar-refractivity contribution is 0.0269. The first-order chi connectivity index (χ1) is 9.74. The van der Waals surface area contributed by atoms with E-state index in [2.05, 4.69) is 36.2 Å². The predicted molar refractivity (Wildman–Crippen MR) is 85.9 cm³/mol. The Morgan fingerprint density at radius 1 is 1.15 bits per heavy atom. The molecule has 0 radical (unpaired) electrons. The van der Waals surface area contributed by atoms with Gasteiger partial charge in [0.2, 0.25) is 0 Å². The van der Waals surface area contributed by atoms with E-state index < -0.39 is 0 Å². The van der Waals surface area contributed by atoms with Crippen LogP contribution in [-0.2, 0) is 0 Å². The molecule has 20 heavy (non-hydrogen) atoms. The van der Waals surface area contributed by atoms with Crippen LogP contribution >= 0.6 is 0 Å². The van der Waals surface area contributed by atoms with Gasteiger partial charge in [0.05, 0.1) is 0 Å². The highest BCUT2D eigenvalue weighted by Crippen LogP contribution is 2.44. The standard InChI is InChI=1S/C18H32N2/c1-3-4-12-20-13-17(15-8-6-5-7-9-15)19-14-18(20,2)16-10-11-16/h3-4,15-17,19H,5-14H2,1-2H3/b4-3+. The molecule has 0 aromatic heterocycles. The van der Waals surface area contributed by atoms with E-state index in [1.807, 2.05) is 0 Å². The third-order valence-electron chi connectivity index (χ3n) is 6.10. The molecule has 1 saturated heterocycles. The van der Waals surface area contributed by atoms with Crippen LogP contribution < -0.4 is 5.32 Å². The van der Waals surface area contributed by atoms with E-state index >= 15 is 0 Å². The Kier molecular flexibility index (Phi) is 4.52. The van der Waals surface area contributed by atoms with Crippen molar-refractivity contribution >= 4 is 0 Å². The van der Waals surface area contributed by atoms with Crippen LogP contribution in [0.4, 0.5) is 0 Å². The van der Waals surface area contributed by atoms with Gasteiger partial charge in [0.25, 0.3) is 0 Å². The van der Waals surface area contributed by atoms with Gasteiger partial charge in [-0.05, 0) is 51.4 Å². The minimum atomic E-state index is 0.407. The molecule has 2 atom stereocenters. The average Bonchev–Trinajstić information content (AvgIpc) is 3.32. The molecule has 0 spiro atoms. The van der Waals surface area contributed by atoms with Gasteiger partial charge in [-0.15, -0.1) is 0 Å². The van der Waals surface area contributed by atoms with Crippen molar-refractivity contribution in [3.63, 3.8) is 0 Å². The van der Waals surface area contributed by atoms with E-state index in [4.69, 9.17) is 0 Å². The summed E-state index contributed by atoms with van der Waals surface area (Å²) in [6.45, 7) is 8.26. The molecular formula is C18H32N2. The lowest BCUT2D eigenvalue weighted by Gasteiger charge is -2.50. The molecule has 2 aliphatic carbocycles. The zero-order valence-electron chi connectivity index (χ0n) is 13.4. The van der Waals surface area contributed by atoms with Crippen molar-refractivity contribution in [3.8, 4) is 0 Å². The second-order valence-corrected chi connectivity index (χ2v) is 7.49. The summed E-state index contributed by atoms with van der Waals surface area (Å²) in [5.41, 5.74) is 0.407. The van der Waals surface area contributed by atoms with Crippen molar-refractivity contribution in [2.45, 2.75) is 70.4 Å². The number of nitrogens with one attached hydrogen (secondary N) is 1. The van der Waals surface area contributed by atoms with E-state index in [0.717, 1.165) is 24.4 Å². The summed E-state index contributed by atoms with van der Waals surface area (Å²) in [6.07, 6.45) is 14.7. The van der Waals surface area contributed by atoms with E-state index in [1.54, 1.807) is 0 Å². The van der Waals surface area contributed by atoms with Gasteiger partial charge < -0.3 is 5.32 Å². The Morgan fingerprint density at radius 2 is 1.90 bits per heavy atom. The van der Waals surface area contributed by atoms with E-state index in [0.29, 0.717) is 5.54 Å². The Hall–Kier alpha value is -0.340. The van der Waals surface area contributed by atoms with E-state index in [1.165, 1.54) is 58.0 Å². The summed E-state index contributed by atoms with van der Waals surface area (Å²) in [6, 6.07) is 0.743. The maximum Gasteiger partial charge on any atom is 0.0337 e. The molecule has 3 aliphatic rings. The highest BCUT2D eigenvalue weighted by molar-refractivity contribution is 5.07. The minimum absolute atomic E-state index is 0.407. The number of hydrogen-bond donors (Lipinski definition) is 1. The number of allylic oxidation sites excluding steroid dienone is 1. The fraction of sp³-hybridized carbons (Fsp3) is 0.889. The van der Waals surface area contributed by atoms with Crippen molar-refractivity contribution in [2.24, 2.45) is 11.8 Å². The third kappa shape index (κ3) is 2.96. The van der Waals surface area contributed by atoms with Crippen LogP contribution in [0.3, 0.4) is 0 Å². The van der Waals surface area contributed by atoms with Crippen LogP contribution in [0.1, 0.15) is 58.8 Å². The maximum atomic E-state index is 3.94. The van der Waals surface area contributed by atoms with Crippen LogP contribution in [0, 0.1) is 11.8 Å². The van der Waals surface area contributed by atoms with E-state index in [9.17, 15) is 0 Å². The molecule has 0 aromatic rings. The summed E-state index contributed by atoms with van der Waals surface area (Å²) in [5.74, 6) is 1.87. The summed E-state index contributed by atoms with van der Waals surface area (Å²) >= 11 is 0. The number of nitrogens with zero attached hydrogens (tertiary/aromatic N) is 1. The second-order valence-electron chi connectivity index (χ2n) is 7.49. The Bertz CT molecular complexity index is 341. The molecule has 3 fully saturated rings. The summed E-state index contributed by atoms with van der Waals surface area (Å²) in [4.78, 5) is 2.79. The number of hydrogen-bond acceptors (Lipinski definition) is 2. The average molecular weight is 276 g/mol. The van der Waals surface area contributed by atoms with E-state index in [-0.39, 0.29) is 0 Å². The molecule has 1 N–H and O–H groups in total. The largest absolute Gasteiger partial charge is 0.311 e. The Balaban J connectivity index is 1.66. The first-order valence-electron chi connectivity index (χ1n) is 8.83. The van der Waals surface area contributed by atoms with Crippen LogP contribution in [0.25, 0.3) is 0 Å². The van der Waals surface area contributed by atoms with Crippen LogP contribution in [0.15, 0.2) is 12.2 Å². The normalized spacial score (nSPS) is 37.6. The molecule has 114 valence electrons. The lowest BCUT2D eigenvalue weighted by Crippen LogP contribution is -2.65. The van der Waals surface area contributed by atoms with Gasteiger partial charge in [0.1, 0.15) is 0 Å². The number of piperazine rings is 1. The molecule has 0 amide bonds. The van der Waals surface area contributed by atoms with Crippen molar-refractivity contribution in [3.05, 3.63) is 12.2 Å². The van der Waals surface area contributed by atoms with Gasteiger partial charge in [0.15, 0.2) is 0 Å². The topological polar surface area (TPSA) is 15.3 Å². The monoisotopic (exact) mass is 276 g/mol. The molecule has 2 heteroatoms. The zero-order valence-corrected chi connectivity index (χ0v) is 13.4. The maximum absolute atomic E-state index is 3.94. The Morgan fingerprint density at radius 3 is 2.55 bits per heavy atom. The number of rotatable bonds is 4. The van der Waals surface area contributed by atoms with Gasteiger partial charge in [-0.1, -0.05) is 31.4 Å². The van der Waals surface area contributed by atoms with Crippen molar-refractivity contribution in [1.82, 2.24) is 10.2 Å². The quantitative estimate of drug-likeness (QED) is 0.790. The minimum Gasteiger partial charge on any atom is -0.311 e. The highest BCUT2D eigenvalue weighted by Gasteiger charge is 2.48. The first kappa shape index (κ1) is 14.6. The molecule has 0 bridgehead atoms. The fourth-order valence-corrected chi connectivity index (χ4v) is 4.44. The molecule has 2 unspecified atom stereocenters. The van der Waals surface area contributed by atoms with Crippen molar-refractivity contribution in [2.75, 3.05) is 19.6 Å². The summed E-state index contributed by atoms with van der Waals surface area (Å²) < 4.78 is 0. The summed E-state index contributed by atoms with van der Waals surface area (Å²) in [7, 11) is 0. The second kappa shape index (κ2) is 6.19. The van der Waals surface area contributed by atoms with Crippen LogP contribution in [0.5, 0.6) is 0 Å². The fourth-order valence-electron chi connectivity index (χ4n) is 4.44. The molecule has 1 heterocycles. The summed E-state index contributed by atoms with van der Waals surface area (Å²) in [5, 5.41) is 3.94. The molecule has 1 aliphatic heterocycles. The lowest BCUT2D eigenvalue weighted by atomic mass is 9.80. The Labute approximate surface area is 125 Å². The van der Waals surface area contributed by atoms with Gasteiger partial charge in [-0.3, -0.25) is 4.90 Å². The van der Waals surface area contributed by atoms with Crippen LogP contribution in [0.2, 0.25) is 0 Å². The van der Waals surface area contributed by atoms with Crippen molar-refractivity contribution < 1.29 is 0 Å². The molecule has 0 aromatic carbocycles.